The third-order valence-corrected chi connectivity index (χ3v) is 9.99. The maximum Gasteiger partial charge on any atom is 0.274 e. The predicted octanol–water partition coefficient (Wildman–Crippen LogP) is 6.20. The molecule has 0 bridgehead atoms. The number of sulfone groups is 1. The SMILES string of the molecule is CS(=O)(=O)c1cccc(-c2ccc(-c3cc(C(=O)N4CCN(c5ccc([N+](=O)[O-])cc5)CC4)nn3-c3ccccc3Cl)s2)c1. The third-order valence-electron chi connectivity index (χ3n) is 7.41. The summed E-state index contributed by atoms with van der Waals surface area (Å²) in [6, 6.07) is 26.1. The van der Waals surface area contributed by atoms with Crippen molar-refractivity contribution in [2.75, 3.05) is 37.3 Å². The maximum atomic E-state index is 13.7. The van der Waals surface area contributed by atoms with Gasteiger partial charge in [-0.3, -0.25) is 14.9 Å². The molecule has 0 N–H and O–H groups in total. The van der Waals surface area contributed by atoms with Gasteiger partial charge in [-0.1, -0.05) is 35.9 Å². The number of hydrogen-bond acceptors (Lipinski definition) is 8. The lowest BCUT2D eigenvalue weighted by atomic mass is 10.2. The van der Waals surface area contributed by atoms with Crippen LogP contribution >= 0.6 is 22.9 Å². The summed E-state index contributed by atoms with van der Waals surface area (Å²) in [6.07, 6.45) is 1.18. The van der Waals surface area contributed by atoms with Gasteiger partial charge in [0, 0.05) is 55.1 Å². The molecule has 0 atom stereocenters. The summed E-state index contributed by atoms with van der Waals surface area (Å²) in [5, 5.41) is 16.2. The minimum absolute atomic E-state index is 0.0350. The summed E-state index contributed by atoms with van der Waals surface area (Å²) >= 11 is 8.03. The molecule has 44 heavy (non-hydrogen) atoms. The van der Waals surface area contributed by atoms with E-state index in [1.54, 1.807) is 52.0 Å². The summed E-state index contributed by atoms with van der Waals surface area (Å²) in [4.78, 5) is 30.1. The molecule has 1 aliphatic heterocycles. The number of anilines is 1. The number of aromatic nitrogens is 2. The van der Waals surface area contributed by atoms with Crippen molar-refractivity contribution in [2.24, 2.45) is 0 Å². The Morgan fingerprint density at radius 3 is 2.30 bits per heavy atom. The van der Waals surface area contributed by atoms with E-state index in [4.69, 9.17) is 16.7 Å². The minimum atomic E-state index is -3.36. The van der Waals surface area contributed by atoms with Crippen LogP contribution in [-0.2, 0) is 9.84 Å². The maximum absolute atomic E-state index is 13.7. The fourth-order valence-electron chi connectivity index (χ4n) is 5.09. The molecular weight excluding hydrogens is 622 g/mol. The second-order valence-corrected chi connectivity index (χ2v) is 13.8. The number of hydrogen-bond donors (Lipinski definition) is 0. The van der Waals surface area contributed by atoms with Crippen LogP contribution in [0.15, 0.2) is 95.9 Å². The van der Waals surface area contributed by atoms with Gasteiger partial charge in [-0.2, -0.15) is 5.10 Å². The molecule has 0 aliphatic carbocycles. The number of amides is 1. The number of para-hydroxylation sites is 1. The Morgan fingerprint density at radius 1 is 0.909 bits per heavy atom. The normalized spacial score (nSPS) is 13.7. The quantitative estimate of drug-likeness (QED) is 0.153. The smallest absolute Gasteiger partial charge is 0.274 e. The molecule has 0 spiro atoms. The number of carbonyl (C=O) groups is 1. The van der Waals surface area contributed by atoms with Gasteiger partial charge in [0.25, 0.3) is 11.6 Å². The molecule has 3 aromatic carbocycles. The van der Waals surface area contributed by atoms with Gasteiger partial charge in [0.2, 0.25) is 0 Å². The molecule has 2 aromatic heterocycles. The number of piperazine rings is 1. The van der Waals surface area contributed by atoms with Crippen molar-refractivity contribution in [1.82, 2.24) is 14.7 Å². The monoisotopic (exact) mass is 647 g/mol. The fourth-order valence-corrected chi connectivity index (χ4v) is 6.98. The van der Waals surface area contributed by atoms with Crippen molar-refractivity contribution >= 4 is 50.1 Å². The Hall–Kier alpha value is -4.52. The first-order chi connectivity index (χ1) is 21.1. The van der Waals surface area contributed by atoms with E-state index in [2.05, 4.69) is 4.90 Å². The Labute approximate surface area is 262 Å². The lowest BCUT2D eigenvalue weighted by Gasteiger charge is -2.35. The van der Waals surface area contributed by atoms with Gasteiger partial charge in [0.15, 0.2) is 15.5 Å². The zero-order valence-electron chi connectivity index (χ0n) is 23.5. The van der Waals surface area contributed by atoms with Gasteiger partial charge in [-0.25, -0.2) is 13.1 Å². The number of nitro groups is 1. The van der Waals surface area contributed by atoms with E-state index in [0.717, 1.165) is 21.0 Å². The van der Waals surface area contributed by atoms with E-state index in [9.17, 15) is 23.3 Å². The van der Waals surface area contributed by atoms with Crippen molar-refractivity contribution in [1.29, 1.82) is 0 Å². The van der Waals surface area contributed by atoms with Crippen LogP contribution in [0.5, 0.6) is 0 Å². The van der Waals surface area contributed by atoms with E-state index < -0.39 is 14.8 Å². The zero-order chi connectivity index (χ0) is 31.0. The first kappa shape index (κ1) is 29.5. The van der Waals surface area contributed by atoms with E-state index in [1.165, 1.54) is 29.7 Å². The van der Waals surface area contributed by atoms with Crippen molar-refractivity contribution in [2.45, 2.75) is 4.90 Å². The Balaban J connectivity index is 1.28. The zero-order valence-corrected chi connectivity index (χ0v) is 25.8. The molecule has 10 nitrogen and oxygen atoms in total. The molecule has 0 saturated carbocycles. The van der Waals surface area contributed by atoms with Crippen LogP contribution in [0.25, 0.3) is 26.7 Å². The first-order valence-electron chi connectivity index (χ1n) is 13.6. The lowest BCUT2D eigenvalue weighted by Crippen LogP contribution is -2.48. The summed E-state index contributed by atoms with van der Waals surface area (Å²) in [7, 11) is -3.36. The standard InChI is InChI=1S/C31H26ClN5O5S2/c1-44(41,42)24-6-4-5-21(19-24)29-13-14-30(43-29)28-20-26(33-36(28)27-8-3-2-7-25(27)32)31(38)35-17-15-34(16-18-35)22-9-11-23(12-10-22)37(39)40/h2-14,19-20H,15-18H2,1H3. The molecule has 6 rings (SSSR count). The molecule has 0 radical (unpaired) electrons. The largest absolute Gasteiger partial charge is 0.368 e. The molecule has 5 aromatic rings. The molecule has 1 amide bonds. The van der Waals surface area contributed by atoms with Gasteiger partial charge >= 0.3 is 0 Å². The molecule has 1 saturated heterocycles. The van der Waals surface area contributed by atoms with Crippen LogP contribution in [0.3, 0.4) is 0 Å². The lowest BCUT2D eigenvalue weighted by molar-refractivity contribution is -0.384. The van der Waals surface area contributed by atoms with Crippen molar-refractivity contribution in [3.8, 4) is 26.7 Å². The summed E-state index contributed by atoms with van der Waals surface area (Å²) in [5.74, 6) is -0.210. The Bertz CT molecular complexity index is 1980. The van der Waals surface area contributed by atoms with E-state index in [-0.39, 0.29) is 22.2 Å². The van der Waals surface area contributed by atoms with Gasteiger partial charge in [0.1, 0.15) is 0 Å². The van der Waals surface area contributed by atoms with Gasteiger partial charge in [-0.05, 0) is 60.2 Å². The Kier molecular flexibility index (Phi) is 7.97. The van der Waals surface area contributed by atoms with E-state index in [1.807, 2.05) is 36.4 Å². The third kappa shape index (κ3) is 5.96. The summed E-state index contributed by atoms with van der Waals surface area (Å²) < 4.78 is 25.9. The number of carbonyl (C=O) groups excluding carboxylic acids is 1. The highest BCUT2D eigenvalue weighted by Gasteiger charge is 2.27. The number of benzene rings is 3. The fraction of sp³-hybridized carbons (Fsp3) is 0.161. The van der Waals surface area contributed by atoms with Gasteiger partial charge < -0.3 is 9.80 Å². The average molecular weight is 648 g/mol. The molecule has 13 heteroatoms. The number of rotatable bonds is 7. The number of thiophene rings is 1. The highest BCUT2D eigenvalue weighted by molar-refractivity contribution is 7.90. The molecular formula is C31H26ClN5O5S2. The number of halogens is 1. The van der Waals surface area contributed by atoms with Crippen LogP contribution in [0.4, 0.5) is 11.4 Å². The first-order valence-corrected chi connectivity index (χ1v) is 16.7. The van der Waals surface area contributed by atoms with E-state index >= 15 is 0 Å². The van der Waals surface area contributed by atoms with Crippen molar-refractivity contribution in [3.05, 3.63) is 112 Å². The van der Waals surface area contributed by atoms with Gasteiger partial charge in [-0.15, -0.1) is 11.3 Å². The van der Waals surface area contributed by atoms with E-state index in [0.29, 0.717) is 42.6 Å². The predicted molar refractivity (Wildman–Crippen MR) is 172 cm³/mol. The number of non-ortho nitro benzene ring substituents is 1. The average Bonchev–Trinajstić information content (AvgIpc) is 3.69. The highest BCUT2D eigenvalue weighted by Crippen LogP contribution is 2.37. The van der Waals surface area contributed by atoms with Crippen LogP contribution in [0, 0.1) is 10.1 Å². The summed E-state index contributed by atoms with van der Waals surface area (Å²) in [5.41, 5.74) is 3.26. The minimum Gasteiger partial charge on any atom is -0.368 e. The molecule has 0 unspecified atom stereocenters. The molecule has 3 heterocycles. The summed E-state index contributed by atoms with van der Waals surface area (Å²) in [6.45, 7) is 2.07. The van der Waals surface area contributed by atoms with Crippen LogP contribution in [0.2, 0.25) is 5.02 Å². The second kappa shape index (κ2) is 11.9. The van der Waals surface area contributed by atoms with Crippen molar-refractivity contribution < 1.29 is 18.1 Å². The Morgan fingerprint density at radius 2 is 1.61 bits per heavy atom. The highest BCUT2D eigenvalue weighted by atomic mass is 35.5. The molecule has 1 aliphatic rings. The number of nitrogens with zero attached hydrogens (tertiary/aromatic N) is 5. The molecule has 1 fully saturated rings. The van der Waals surface area contributed by atoms with Crippen LogP contribution in [-0.4, -0.2) is 66.4 Å². The van der Waals surface area contributed by atoms with Gasteiger partial charge in [0.05, 0.1) is 31.1 Å². The second-order valence-electron chi connectivity index (χ2n) is 10.3. The topological polar surface area (TPSA) is 119 Å². The van der Waals surface area contributed by atoms with Crippen molar-refractivity contribution in [3.63, 3.8) is 0 Å². The van der Waals surface area contributed by atoms with Crippen LogP contribution < -0.4 is 4.90 Å². The molecule has 224 valence electrons. The number of nitro benzene ring substituents is 1. The van der Waals surface area contributed by atoms with Crippen LogP contribution in [0.1, 0.15) is 10.5 Å².